The molecule has 6 nitrogen and oxygen atoms in total. The van der Waals surface area contributed by atoms with Crippen molar-refractivity contribution in [2.24, 2.45) is 0 Å². The average molecular weight is 428 g/mol. The fraction of sp³-hybridized carbons (Fsp3) is 0.160. The summed E-state index contributed by atoms with van der Waals surface area (Å²) in [6.45, 7) is 2.36. The zero-order valence-electron chi connectivity index (χ0n) is 17.5. The highest BCUT2D eigenvalue weighted by atomic mass is 19.1. The number of rotatable bonds is 5. The van der Waals surface area contributed by atoms with Gasteiger partial charge in [-0.1, -0.05) is 54.1 Å². The number of aryl methyl sites for hydroxylation is 1. The van der Waals surface area contributed by atoms with Gasteiger partial charge in [0.25, 0.3) is 5.91 Å². The Morgan fingerprint density at radius 1 is 1.03 bits per heavy atom. The van der Waals surface area contributed by atoms with Gasteiger partial charge in [0.15, 0.2) is 0 Å². The van der Waals surface area contributed by atoms with Crippen LogP contribution < -0.4 is 10.2 Å². The van der Waals surface area contributed by atoms with Crippen molar-refractivity contribution in [1.82, 2.24) is 9.55 Å². The first kappa shape index (κ1) is 19.9. The van der Waals surface area contributed by atoms with Crippen molar-refractivity contribution in [2.45, 2.75) is 25.9 Å². The van der Waals surface area contributed by atoms with E-state index in [9.17, 15) is 14.0 Å². The van der Waals surface area contributed by atoms with Crippen LogP contribution in [0.15, 0.2) is 72.8 Å². The van der Waals surface area contributed by atoms with Gasteiger partial charge < -0.3 is 5.32 Å². The minimum Gasteiger partial charge on any atom is -0.324 e. The van der Waals surface area contributed by atoms with Gasteiger partial charge in [0, 0.05) is 0 Å². The normalized spacial score (nSPS) is 15.2. The third kappa shape index (κ3) is 3.51. The van der Waals surface area contributed by atoms with Crippen LogP contribution >= 0.6 is 0 Å². The fourth-order valence-electron chi connectivity index (χ4n) is 4.06. The first-order valence-corrected chi connectivity index (χ1v) is 10.4. The smallest absolute Gasteiger partial charge is 0.253 e. The van der Waals surface area contributed by atoms with E-state index in [2.05, 4.69) is 10.3 Å². The number of carbonyl (C=O) groups is 2. The summed E-state index contributed by atoms with van der Waals surface area (Å²) in [6, 6.07) is 20.7. The third-order valence-electron chi connectivity index (χ3n) is 5.67. The second-order valence-corrected chi connectivity index (χ2v) is 7.93. The molecule has 1 N–H and O–H groups in total. The largest absolute Gasteiger partial charge is 0.324 e. The van der Waals surface area contributed by atoms with E-state index in [0.29, 0.717) is 12.5 Å². The van der Waals surface area contributed by atoms with Gasteiger partial charge >= 0.3 is 0 Å². The number of benzene rings is 3. The molecule has 2 amide bonds. The van der Waals surface area contributed by atoms with Crippen molar-refractivity contribution in [3.05, 3.63) is 89.7 Å². The fourth-order valence-corrected chi connectivity index (χ4v) is 4.06. The number of anilines is 2. The summed E-state index contributed by atoms with van der Waals surface area (Å²) in [5.41, 5.74) is 3.74. The predicted molar refractivity (Wildman–Crippen MR) is 121 cm³/mol. The monoisotopic (exact) mass is 428 g/mol. The number of amides is 2. The summed E-state index contributed by atoms with van der Waals surface area (Å²) >= 11 is 0. The van der Waals surface area contributed by atoms with Crippen LogP contribution in [0, 0.1) is 12.7 Å². The Labute approximate surface area is 184 Å². The number of fused-ring (bicyclic) bond motifs is 3. The highest BCUT2D eigenvalue weighted by molar-refractivity contribution is 6.05. The number of carbonyl (C=O) groups excluding carboxylic acids is 2. The van der Waals surface area contributed by atoms with Gasteiger partial charge in [0.05, 0.1) is 29.7 Å². The molecule has 0 radical (unpaired) electrons. The average Bonchev–Trinajstić information content (AvgIpc) is 3.27. The molecule has 4 aromatic rings. The second kappa shape index (κ2) is 7.92. The highest BCUT2D eigenvalue weighted by Crippen LogP contribution is 2.37. The van der Waals surface area contributed by atoms with Gasteiger partial charge in [-0.15, -0.1) is 0 Å². The van der Waals surface area contributed by atoms with E-state index in [1.54, 1.807) is 17.0 Å². The summed E-state index contributed by atoms with van der Waals surface area (Å²) < 4.78 is 15.8. The highest BCUT2D eigenvalue weighted by Gasteiger charge is 2.40. The molecule has 1 aliphatic heterocycles. The van der Waals surface area contributed by atoms with Crippen LogP contribution in [0.5, 0.6) is 0 Å². The van der Waals surface area contributed by atoms with Crippen LogP contribution in [0.25, 0.3) is 11.0 Å². The SMILES string of the molecule is Cc1ccc(CN2C(=O)[C@H](CC(=O)Nc3ccccc3F)n3c2nc2ccccc23)cc1. The molecule has 5 rings (SSSR count). The lowest BCUT2D eigenvalue weighted by atomic mass is 10.1. The Balaban J connectivity index is 1.48. The summed E-state index contributed by atoms with van der Waals surface area (Å²) in [4.78, 5) is 32.4. The van der Waals surface area contributed by atoms with E-state index in [1.807, 2.05) is 60.0 Å². The Kier molecular flexibility index (Phi) is 4.93. The molecule has 1 atom stereocenters. The summed E-state index contributed by atoms with van der Waals surface area (Å²) in [6.07, 6.45) is -0.120. The number of hydrogen-bond acceptors (Lipinski definition) is 3. The molecule has 0 aliphatic carbocycles. The standard InChI is InChI=1S/C25H21FN4O2/c1-16-10-12-17(13-11-16)15-29-24(32)22(14-23(31)27-19-7-3-2-6-18(19)26)30-21-9-5-4-8-20(21)28-25(29)30/h2-13,22H,14-15H2,1H3,(H,27,31)/t22-/m0/s1. The van der Waals surface area contributed by atoms with E-state index < -0.39 is 17.8 Å². The van der Waals surface area contributed by atoms with Crippen LogP contribution in [0.1, 0.15) is 23.6 Å². The summed E-state index contributed by atoms with van der Waals surface area (Å²) in [5.74, 6) is -0.647. The molecule has 1 aliphatic rings. The van der Waals surface area contributed by atoms with Gasteiger partial charge in [0.2, 0.25) is 11.9 Å². The van der Waals surface area contributed by atoms with E-state index >= 15 is 0 Å². The zero-order chi connectivity index (χ0) is 22.2. The molecule has 7 heteroatoms. The van der Waals surface area contributed by atoms with E-state index in [-0.39, 0.29) is 18.0 Å². The van der Waals surface area contributed by atoms with Crippen molar-refractivity contribution in [2.75, 3.05) is 10.2 Å². The Morgan fingerprint density at radius 3 is 2.53 bits per heavy atom. The maximum absolute atomic E-state index is 14.0. The molecule has 0 saturated carbocycles. The maximum Gasteiger partial charge on any atom is 0.253 e. The Bertz CT molecular complexity index is 1330. The molecule has 32 heavy (non-hydrogen) atoms. The molecule has 3 aromatic carbocycles. The molecule has 0 saturated heterocycles. The topological polar surface area (TPSA) is 67.2 Å². The molecule has 1 aromatic heterocycles. The number of para-hydroxylation sites is 3. The van der Waals surface area contributed by atoms with Crippen LogP contribution in [-0.4, -0.2) is 21.4 Å². The van der Waals surface area contributed by atoms with Crippen LogP contribution in [-0.2, 0) is 16.1 Å². The van der Waals surface area contributed by atoms with Crippen LogP contribution in [0.3, 0.4) is 0 Å². The molecule has 160 valence electrons. The maximum atomic E-state index is 14.0. The molecule has 0 bridgehead atoms. The summed E-state index contributed by atoms with van der Waals surface area (Å²) in [7, 11) is 0. The van der Waals surface area contributed by atoms with Gasteiger partial charge in [0.1, 0.15) is 11.9 Å². The number of nitrogens with one attached hydrogen (secondary N) is 1. The molecule has 2 heterocycles. The van der Waals surface area contributed by atoms with E-state index in [4.69, 9.17) is 0 Å². The lowest BCUT2D eigenvalue weighted by molar-refractivity contribution is -0.124. The molecular formula is C25H21FN4O2. The zero-order valence-corrected chi connectivity index (χ0v) is 17.5. The molecule has 0 spiro atoms. The first-order chi connectivity index (χ1) is 15.5. The Hall–Kier alpha value is -4.00. The van der Waals surface area contributed by atoms with Crippen molar-refractivity contribution in [1.29, 1.82) is 0 Å². The van der Waals surface area contributed by atoms with Crippen LogP contribution in [0.2, 0.25) is 0 Å². The lowest BCUT2D eigenvalue weighted by Gasteiger charge is -2.16. The quantitative estimate of drug-likeness (QED) is 0.505. The lowest BCUT2D eigenvalue weighted by Crippen LogP contribution is -2.31. The number of halogens is 1. The third-order valence-corrected chi connectivity index (χ3v) is 5.67. The van der Waals surface area contributed by atoms with Crippen molar-refractivity contribution >= 4 is 34.5 Å². The minimum absolute atomic E-state index is 0.0928. The minimum atomic E-state index is -0.755. The number of hydrogen-bond donors (Lipinski definition) is 1. The van der Waals surface area contributed by atoms with E-state index in [0.717, 1.165) is 22.2 Å². The number of aromatic nitrogens is 2. The van der Waals surface area contributed by atoms with Crippen molar-refractivity contribution in [3.8, 4) is 0 Å². The van der Waals surface area contributed by atoms with Gasteiger partial charge in [-0.3, -0.25) is 19.1 Å². The first-order valence-electron chi connectivity index (χ1n) is 10.4. The molecule has 0 fully saturated rings. The van der Waals surface area contributed by atoms with Crippen molar-refractivity contribution < 1.29 is 14.0 Å². The predicted octanol–water partition coefficient (Wildman–Crippen LogP) is 4.60. The molecule has 0 unspecified atom stereocenters. The molecular weight excluding hydrogens is 407 g/mol. The van der Waals surface area contributed by atoms with Gasteiger partial charge in [-0.2, -0.15) is 0 Å². The number of imidazole rings is 1. The van der Waals surface area contributed by atoms with Crippen LogP contribution in [0.4, 0.5) is 16.0 Å². The summed E-state index contributed by atoms with van der Waals surface area (Å²) in [5, 5.41) is 2.58. The van der Waals surface area contributed by atoms with Gasteiger partial charge in [-0.05, 0) is 36.8 Å². The van der Waals surface area contributed by atoms with Gasteiger partial charge in [-0.25, -0.2) is 9.37 Å². The van der Waals surface area contributed by atoms with E-state index in [1.165, 1.54) is 12.1 Å². The van der Waals surface area contributed by atoms with Crippen molar-refractivity contribution in [3.63, 3.8) is 0 Å². The Morgan fingerprint density at radius 2 is 1.75 bits per heavy atom. The second-order valence-electron chi connectivity index (χ2n) is 7.93. The number of nitrogens with zero attached hydrogens (tertiary/aromatic N) is 3.